The maximum absolute atomic E-state index is 11.9. The standard InChI is InChI=1S/C12H16INO3/c1-12(2,7-17-3)14-11(16)8-4-5-9(13)10(15)6-8/h4-6,15H,7H2,1-3H3,(H,14,16). The lowest BCUT2D eigenvalue weighted by molar-refractivity contribution is 0.0819. The molecule has 0 saturated carbocycles. The van der Waals surface area contributed by atoms with Crippen LogP contribution in [0.25, 0.3) is 0 Å². The molecule has 0 bridgehead atoms. The summed E-state index contributed by atoms with van der Waals surface area (Å²) in [5.74, 6) is -0.110. The van der Waals surface area contributed by atoms with E-state index in [0.717, 1.165) is 3.57 Å². The molecule has 1 aromatic rings. The van der Waals surface area contributed by atoms with Gasteiger partial charge in [0.05, 0.1) is 15.7 Å². The van der Waals surface area contributed by atoms with Crippen molar-refractivity contribution < 1.29 is 14.6 Å². The lowest BCUT2D eigenvalue weighted by Crippen LogP contribution is -2.46. The first-order chi connectivity index (χ1) is 7.85. The fourth-order valence-corrected chi connectivity index (χ4v) is 1.77. The number of carbonyl (C=O) groups is 1. The molecule has 0 aliphatic carbocycles. The van der Waals surface area contributed by atoms with Crippen molar-refractivity contribution in [1.29, 1.82) is 0 Å². The average molecular weight is 349 g/mol. The molecule has 0 aliphatic heterocycles. The van der Waals surface area contributed by atoms with Crippen LogP contribution in [0.15, 0.2) is 18.2 Å². The molecule has 94 valence electrons. The minimum absolute atomic E-state index is 0.114. The van der Waals surface area contributed by atoms with Crippen LogP contribution in [0.3, 0.4) is 0 Å². The first kappa shape index (κ1) is 14.2. The van der Waals surface area contributed by atoms with Crippen molar-refractivity contribution in [3.05, 3.63) is 27.3 Å². The van der Waals surface area contributed by atoms with E-state index in [-0.39, 0.29) is 11.7 Å². The van der Waals surface area contributed by atoms with Crippen molar-refractivity contribution in [2.45, 2.75) is 19.4 Å². The number of benzene rings is 1. The van der Waals surface area contributed by atoms with Gasteiger partial charge in [-0.3, -0.25) is 4.79 Å². The number of halogens is 1. The van der Waals surface area contributed by atoms with Crippen LogP contribution in [0.4, 0.5) is 0 Å². The van der Waals surface area contributed by atoms with Gasteiger partial charge in [-0.1, -0.05) is 0 Å². The quantitative estimate of drug-likeness (QED) is 0.819. The van der Waals surface area contributed by atoms with Gasteiger partial charge in [0, 0.05) is 12.7 Å². The molecule has 17 heavy (non-hydrogen) atoms. The summed E-state index contributed by atoms with van der Waals surface area (Å²) in [7, 11) is 1.59. The molecular weight excluding hydrogens is 333 g/mol. The second-order valence-electron chi connectivity index (χ2n) is 4.44. The highest BCUT2D eigenvalue weighted by Crippen LogP contribution is 2.20. The number of methoxy groups -OCH3 is 1. The van der Waals surface area contributed by atoms with Gasteiger partial charge in [-0.2, -0.15) is 0 Å². The Kier molecular flexibility index (Phi) is 4.76. The predicted molar refractivity (Wildman–Crippen MR) is 74.2 cm³/mol. The number of ether oxygens (including phenoxy) is 1. The molecule has 0 atom stereocenters. The first-order valence-electron chi connectivity index (χ1n) is 5.16. The van der Waals surface area contributed by atoms with Gasteiger partial charge in [0.25, 0.3) is 5.91 Å². The van der Waals surface area contributed by atoms with Gasteiger partial charge in [0.1, 0.15) is 5.75 Å². The normalized spacial score (nSPS) is 11.3. The Morgan fingerprint density at radius 3 is 2.71 bits per heavy atom. The topological polar surface area (TPSA) is 58.6 Å². The third kappa shape index (κ3) is 4.16. The van der Waals surface area contributed by atoms with Crippen molar-refractivity contribution in [2.24, 2.45) is 0 Å². The monoisotopic (exact) mass is 349 g/mol. The molecule has 0 saturated heterocycles. The van der Waals surface area contributed by atoms with Crippen LogP contribution < -0.4 is 5.32 Å². The fraction of sp³-hybridized carbons (Fsp3) is 0.417. The van der Waals surface area contributed by atoms with Gasteiger partial charge in [-0.15, -0.1) is 0 Å². The number of hydrogen-bond donors (Lipinski definition) is 2. The predicted octanol–water partition coefficient (Wildman–Crippen LogP) is 2.15. The molecule has 1 aromatic carbocycles. The lowest BCUT2D eigenvalue weighted by atomic mass is 10.1. The summed E-state index contributed by atoms with van der Waals surface area (Å²) in [6, 6.07) is 4.84. The highest BCUT2D eigenvalue weighted by Gasteiger charge is 2.21. The Labute approximate surface area is 115 Å². The molecule has 1 amide bonds. The molecule has 0 radical (unpaired) electrons. The second-order valence-corrected chi connectivity index (χ2v) is 5.60. The maximum atomic E-state index is 11.9. The smallest absolute Gasteiger partial charge is 0.251 e. The van der Waals surface area contributed by atoms with E-state index in [1.165, 1.54) is 6.07 Å². The molecule has 4 nitrogen and oxygen atoms in total. The van der Waals surface area contributed by atoms with Crippen molar-refractivity contribution in [3.63, 3.8) is 0 Å². The number of rotatable bonds is 4. The molecule has 0 spiro atoms. The number of nitrogens with one attached hydrogen (secondary N) is 1. The number of phenolic OH excluding ortho intramolecular Hbond substituents is 1. The molecule has 1 rings (SSSR count). The summed E-state index contributed by atoms with van der Waals surface area (Å²) >= 11 is 2.00. The summed E-state index contributed by atoms with van der Waals surface area (Å²) in [6.45, 7) is 4.18. The van der Waals surface area contributed by atoms with Crippen molar-refractivity contribution >= 4 is 28.5 Å². The molecule has 0 heterocycles. The average Bonchev–Trinajstić information content (AvgIpc) is 2.21. The van der Waals surface area contributed by atoms with Crippen LogP contribution in [0, 0.1) is 3.57 Å². The number of aromatic hydroxyl groups is 1. The van der Waals surface area contributed by atoms with E-state index in [0.29, 0.717) is 12.2 Å². The Balaban J connectivity index is 2.80. The van der Waals surface area contributed by atoms with Gasteiger partial charge in [0.15, 0.2) is 0 Å². The number of phenols is 1. The van der Waals surface area contributed by atoms with E-state index in [1.54, 1.807) is 19.2 Å². The second kappa shape index (κ2) is 5.68. The SMILES string of the molecule is COCC(C)(C)NC(=O)c1ccc(I)c(O)c1. The van der Waals surface area contributed by atoms with E-state index >= 15 is 0 Å². The highest BCUT2D eigenvalue weighted by atomic mass is 127. The zero-order chi connectivity index (χ0) is 13.1. The van der Waals surface area contributed by atoms with Crippen LogP contribution in [0.5, 0.6) is 5.75 Å². The van der Waals surface area contributed by atoms with Crippen LogP contribution >= 0.6 is 22.6 Å². The summed E-state index contributed by atoms with van der Waals surface area (Å²) in [6.07, 6.45) is 0. The third-order valence-electron chi connectivity index (χ3n) is 2.17. The van der Waals surface area contributed by atoms with Gasteiger partial charge in [0.2, 0.25) is 0 Å². The highest BCUT2D eigenvalue weighted by molar-refractivity contribution is 14.1. The molecule has 0 fully saturated rings. The molecule has 0 aliphatic rings. The maximum Gasteiger partial charge on any atom is 0.251 e. The molecule has 0 unspecified atom stereocenters. The largest absolute Gasteiger partial charge is 0.507 e. The van der Waals surface area contributed by atoms with Gasteiger partial charge in [-0.05, 0) is 54.6 Å². The lowest BCUT2D eigenvalue weighted by Gasteiger charge is -2.25. The van der Waals surface area contributed by atoms with Gasteiger partial charge in [-0.25, -0.2) is 0 Å². The molecule has 2 N–H and O–H groups in total. The van der Waals surface area contributed by atoms with Crippen molar-refractivity contribution in [3.8, 4) is 5.75 Å². The Morgan fingerprint density at radius 2 is 2.18 bits per heavy atom. The minimum Gasteiger partial charge on any atom is -0.507 e. The van der Waals surface area contributed by atoms with E-state index in [2.05, 4.69) is 5.32 Å². The Hall–Kier alpha value is -0.820. The zero-order valence-corrected chi connectivity index (χ0v) is 12.2. The summed E-state index contributed by atoms with van der Waals surface area (Å²) in [4.78, 5) is 11.9. The fourth-order valence-electron chi connectivity index (χ4n) is 1.43. The summed E-state index contributed by atoms with van der Waals surface area (Å²) in [5.41, 5.74) is -0.00291. The third-order valence-corrected chi connectivity index (χ3v) is 3.08. The van der Waals surface area contributed by atoms with E-state index < -0.39 is 5.54 Å². The summed E-state index contributed by atoms with van der Waals surface area (Å²) in [5, 5.41) is 12.4. The van der Waals surface area contributed by atoms with Crippen LogP contribution in [-0.2, 0) is 4.74 Å². The van der Waals surface area contributed by atoms with Crippen LogP contribution in [-0.4, -0.2) is 30.3 Å². The Bertz CT molecular complexity index is 418. The zero-order valence-electron chi connectivity index (χ0n) is 10.1. The first-order valence-corrected chi connectivity index (χ1v) is 6.23. The van der Waals surface area contributed by atoms with E-state index in [9.17, 15) is 9.90 Å². The van der Waals surface area contributed by atoms with Crippen LogP contribution in [0.1, 0.15) is 24.2 Å². The van der Waals surface area contributed by atoms with E-state index in [4.69, 9.17) is 4.74 Å². The number of carbonyl (C=O) groups excluding carboxylic acids is 1. The van der Waals surface area contributed by atoms with E-state index in [1.807, 2.05) is 36.4 Å². The number of amides is 1. The molecular formula is C12H16INO3. The molecule has 0 aromatic heterocycles. The van der Waals surface area contributed by atoms with Crippen molar-refractivity contribution in [1.82, 2.24) is 5.32 Å². The Morgan fingerprint density at radius 1 is 1.53 bits per heavy atom. The van der Waals surface area contributed by atoms with Gasteiger partial charge >= 0.3 is 0 Å². The number of hydrogen-bond acceptors (Lipinski definition) is 3. The molecule has 5 heteroatoms. The minimum atomic E-state index is -0.440. The van der Waals surface area contributed by atoms with Gasteiger partial charge < -0.3 is 15.2 Å². The summed E-state index contributed by atoms with van der Waals surface area (Å²) < 4.78 is 5.74. The van der Waals surface area contributed by atoms with Crippen molar-refractivity contribution in [2.75, 3.05) is 13.7 Å². The van der Waals surface area contributed by atoms with Crippen LogP contribution in [0.2, 0.25) is 0 Å².